The van der Waals surface area contributed by atoms with E-state index in [1.54, 1.807) is 0 Å². The first kappa shape index (κ1) is 9.91. The van der Waals surface area contributed by atoms with Crippen LogP contribution in [0.15, 0.2) is 18.2 Å². The van der Waals surface area contributed by atoms with Crippen molar-refractivity contribution in [2.24, 2.45) is 5.73 Å². The average Bonchev–Trinajstić information content (AvgIpc) is 2.01. The molecule has 1 aromatic rings. The molecule has 5 heteroatoms. The van der Waals surface area contributed by atoms with Gasteiger partial charge >= 0.3 is 0 Å². The standard InChI is InChI=1S/C9H9NO4/c10-9(14)2-1-6-7(12)3-5(11)4-8(6)13/h1-4,11-13H,(H2,10,14). The first-order chi connectivity index (χ1) is 6.50. The summed E-state index contributed by atoms with van der Waals surface area (Å²) in [6, 6.07) is 2.08. The summed E-state index contributed by atoms with van der Waals surface area (Å²) in [5.41, 5.74) is 4.86. The lowest BCUT2D eigenvalue weighted by molar-refractivity contribution is -0.113. The van der Waals surface area contributed by atoms with Crippen molar-refractivity contribution in [2.75, 3.05) is 0 Å². The van der Waals surface area contributed by atoms with E-state index in [9.17, 15) is 15.0 Å². The second-order valence-electron chi connectivity index (χ2n) is 2.63. The van der Waals surface area contributed by atoms with Crippen LogP contribution in [0.25, 0.3) is 6.08 Å². The summed E-state index contributed by atoms with van der Waals surface area (Å²) in [5.74, 6) is -1.63. The van der Waals surface area contributed by atoms with Gasteiger partial charge in [0.15, 0.2) is 0 Å². The largest absolute Gasteiger partial charge is 0.508 e. The molecule has 0 radical (unpaired) electrons. The third-order valence-electron chi connectivity index (χ3n) is 1.54. The van der Waals surface area contributed by atoms with Crippen LogP contribution < -0.4 is 5.73 Å². The second kappa shape index (κ2) is 3.69. The van der Waals surface area contributed by atoms with E-state index >= 15 is 0 Å². The predicted molar refractivity (Wildman–Crippen MR) is 49.7 cm³/mol. The zero-order chi connectivity index (χ0) is 10.7. The summed E-state index contributed by atoms with van der Waals surface area (Å²) in [4.78, 5) is 10.4. The number of primary amides is 1. The van der Waals surface area contributed by atoms with E-state index in [1.807, 2.05) is 0 Å². The molecule has 0 bridgehead atoms. The number of aromatic hydroxyl groups is 3. The molecule has 0 aromatic heterocycles. The van der Waals surface area contributed by atoms with E-state index < -0.39 is 5.91 Å². The summed E-state index contributed by atoms with van der Waals surface area (Å²) in [6.07, 6.45) is 2.15. The van der Waals surface area contributed by atoms with Crippen LogP contribution in [-0.4, -0.2) is 21.2 Å². The van der Waals surface area contributed by atoms with Crippen LogP contribution in [0.2, 0.25) is 0 Å². The Kier molecular flexibility index (Phi) is 2.62. The number of carbonyl (C=O) groups excluding carboxylic acids is 1. The highest BCUT2D eigenvalue weighted by Gasteiger charge is 2.06. The fourth-order valence-corrected chi connectivity index (χ4v) is 0.945. The smallest absolute Gasteiger partial charge is 0.241 e. The molecular weight excluding hydrogens is 186 g/mol. The van der Waals surface area contributed by atoms with Crippen LogP contribution in [0.4, 0.5) is 0 Å². The number of nitrogens with two attached hydrogens (primary N) is 1. The van der Waals surface area contributed by atoms with Gasteiger partial charge in [0, 0.05) is 18.2 Å². The minimum atomic E-state index is -0.697. The highest BCUT2D eigenvalue weighted by Crippen LogP contribution is 2.32. The normalized spacial score (nSPS) is 10.6. The molecule has 0 saturated carbocycles. The summed E-state index contributed by atoms with van der Waals surface area (Å²) >= 11 is 0. The predicted octanol–water partition coefficient (Wildman–Crippen LogP) is 0.302. The van der Waals surface area contributed by atoms with Gasteiger partial charge in [0.05, 0.1) is 5.56 Å². The maximum atomic E-state index is 10.4. The number of benzene rings is 1. The molecule has 0 spiro atoms. The van der Waals surface area contributed by atoms with Crippen molar-refractivity contribution >= 4 is 12.0 Å². The topological polar surface area (TPSA) is 104 Å². The van der Waals surface area contributed by atoms with Crippen molar-refractivity contribution in [1.29, 1.82) is 0 Å². The van der Waals surface area contributed by atoms with Gasteiger partial charge in [-0.05, 0) is 6.08 Å². The second-order valence-corrected chi connectivity index (χ2v) is 2.63. The van der Waals surface area contributed by atoms with Crippen molar-refractivity contribution in [2.45, 2.75) is 0 Å². The first-order valence-corrected chi connectivity index (χ1v) is 3.73. The Morgan fingerprint density at radius 2 is 1.71 bits per heavy atom. The van der Waals surface area contributed by atoms with Crippen molar-refractivity contribution in [3.63, 3.8) is 0 Å². The van der Waals surface area contributed by atoms with E-state index in [2.05, 4.69) is 0 Å². The van der Waals surface area contributed by atoms with E-state index in [0.717, 1.165) is 24.3 Å². The number of phenolic OH excluding ortho intramolecular Hbond substituents is 3. The molecular formula is C9H9NO4. The van der Waals surface area contributed by atoms with E-state index in [0.29, 0.717) is 0 Å². The van der Waals surface area contributed by atoms with Gasteiger partial charge < -0.3 is 21.1 Å². The third kappa shape index (κ3) is 2.16. The molecule has 14 heavy (non-hydrogen) atoms. The quantitative estimate of drug-likeness (QED) is 0.509. The zero-order valence-electron chi connectivity index (χ0n) is 7.14. The summed E-state index contributed by atoms with van der Waals surface area (Å²) < 4.78 is 0. The van der Waals surface area contributed by atoms with Crippen molar-refractivity contribution in [3.05, 3.63) is 23.8 Å². The average molecular weight is 195 g/mol. The maximum absolute atomic E-state index is 10.4. The van der Waals surface area contributed by atoms with Gasteiger partial charge in [-0.25, -0.2) is 0 Å². The lowest BCUT2D eigenvalue weighted by atomic mass is 10.1. The van der Waals surface area contributed by atoms with Crippen LogP contribution in [-0.2, 0) is 4.79 Å². The summed E-state index contributed by atoms with van der Waals surface area (Å²) in [7, 11) is 0. The Morgan fingerprint density at radius 3 is 2.14 bits per heavy atom. The van der Waals surface area contributed by atoms with E-state index in [-0.39, 0.29) is 22.8 Å². The molecule has 1 aromatic carbocycles. The van der Waals surface area contributed by atoms with Gasteiger partial charge in [-0.2, -0.15) is 0 Å². The van der Waals surface area contributed by atoms with Crippen LogP contribution >= 0.6 is 0 Å². The Balaban J connectivity index is 3.15. The van der Waals surface area contributed by atoms with Crippen molar-refractivity contribution in [1.82, 2.24) is 0 Å². The number of hydrogen-bond acceptors (Lipinski definition) is 4. The van der Waals surface area contributed by atoms with E-state index in [1.165, 1.54) is 0 Å². The molecule has 1 rings (SSSR count). The van der Waals surface area contributed by atoms with Gasteiger partial charge in [0.25, 0.3) is 0 Å². The maximum Gasteiger partial charge on any atom is 0.241 e. The number of hydrogen-bond donors (Lipinski definition) is 4. The Morgan fingerprint density at radius 1 is 1.21 bits per heavy atom. The highest BCUT2D eigenvalue weighted by molar-refractivity contribution is 5.91. The van der Waals surface area contributed by atoms with Gasteiger partial charge in [0.1, 0.15) is 17.2 Å². The Labute approximate surface area is 79.7 Å². The molecule has 0 saturated heterocycles. The molecule has 1 amide bonds. The molecule has 74 valence electrons. The fourth-order valence-electron chi connectivity index (χ4n) is 0.945. The van der Waals surface area contributed by atoms with Gasteiger partial charge in [-0.15, -0.1) is 0 Å². The van der Waals surface area contributed by atoms with Crippen LogP contribution in [0, 0.1) is 0 Å². The van der Waals surface area contributed by atoms with Gasteiger partial charge in [-0.3, -0.25) is 4.79 Å². The lowest BCUT2D eigenvalue weighted by Crippen LogP contribution is -2.05. The molecule has 0 aliphatic rings. The van der Waals surface area contributed by atoms with E-state index in [4.69, 9.17) is 10.8 Å². The molecule has 0 heterocycles. The van der Waals surface area contributed by atoms with Gasteiger partial charge in [-0.1, -0.05) is 0 Å². The van der Waals surface area contributed by atoms with Crippen LogP contribution in [0.5, 0.6) is 17.2 Å². The van der Waals surface area contributed by atoms with Gasteiger partial charge in [0.2, 0.25) is 5.91 Å². The van der Waals surface area contributed by atoms with Crippen LogP contribution in [0.3, 0.4) is 0 Å². The fraction of sp³-hybridized carbons (Fsp3) is 0. The SMILES string of the molecule is NC(=O)C=Cc1c(O)cc(O)cc1O. The number of phenols is 3. The zero-order valence-corrected chi connectivity index (χ0v) is 7.14. The minimum absolute atomic E-state index is 0.0293. The molecule has 0 atom stereocenters. The minimum Gasteiger partial charge on any atom is -0.508 e. The Hall–Kier alpha value is -2.17. The third-order valence-corrected chi connectivity index (χ3v) is 1.54. The molecule has 0 aliphatic heterocycles. The monoisotopic (exact) mass is 195 g/mol. The van der Waals surface area contributed by atoms with Crippen LogP contribution in [0.1, 0.15) is 5.56 Å². The molecule has 0 aliphatic carbocycles. The first-order valence-electron chi connectivity index (χ1n) is 3.73. The molecule has 0 fully saturated rings. The molecule has 0 unspecified atom stereocenters. The number of amides is 1. The summed E-state index contributed by atoms with van der Waals surface area (Å²) in [5, 5.41) is 27.5. The Bertz CT molecular complexity index is 375. The number of rotatable bonds is 2. The van der Waals surface area contributed by atoms with Crippen molar-refractivity contribution in [3.8, 4) is 17.2 Å². The van der Waals surface area contributed by atoms with Crippen molar-refractivity contribution < 1.29 is 20.1 Å². The highest BCUT2D eigenvalue weighted by atomic mass is 16.3. The lowest BCUT2D eigenvalue weighted by Gasteiger charge is -2.02. The number of carbonyl (C=O) groups is 1. The molecule has 5 N–H and O–H groups in total. The summed E-state index contributed by atoms with van der Waals surface area (Å²) in [6.45, 7) is 0. The molecule has 5 nitrogen and oxygen atoms in total.